The first kappa shape index (κ1) is 20.6. The van der Waals surface area contributed by atoms with Crippen LogP contribution in [0.5, 0.6) is 5.75 Å². The van der Waals surface area contributed by atoms with E-state index in [1.165, 1.54) is 13.3 Å². The Kier molecular flexibility index (Phi) is 5.62. The third-order valence-electron chi connectivity index (χ3n) is 5.92. The highest BCUT2D eigenvalue weighted by atomic mass is 19.4. The van der Waals surface area contributed by atoms with Crippen LogP contribution >= 0.6 is 0 Å². The van der Waals surface area contributed by atoms with Gasteiger partial charge in [0.05, 0.1) is 19.3 Å². The summed E-state index contributed by atoms with van der Waals surface area (Å²) in [6, 6.07) is 4.54. The highest BCUT2D eigenvalue weighted by molar-refractivity contribution is 5.99. The minimum Gasteiger partial charge on any atom is -0.497 e. The van der Waals surface area contributed by atoms with Gasteiger partial charge >= 0.3 is 6.18 Å². The van der Waals surface area contributed by atoms with Gasteiger partial charge in [0.1, 0.15) is 17.1 Å². The molecule has 2 N–H and O–H groups in total. The highest BCUT2D eigenvalue weighted by Gasteiger charge is 2.47. The van der Waals surface area contributed by atoms with Crippen LogP contribution in [-0.4, -0.2) is 35.0 Å². The summed E-state index contributed by atoms with van der Waals surface area (Å²) in [4.78, 5) is 12.8. The average Bonchev–Trinajstić information content (AvgIpc) is 3.17. The van der Waals surface area contributed by atoms with E-state index in [1.807, 2.05) is 0 Å². The number of carbonyl (C=O) groups is 1. The lowest BCUT2D eigenvalue weighted by Gasteiger charge is -2.34. The van der Waals surface area contributed by atoms with Crippen molar-refractivity contribution in [3.05, 3.63) is 41.6 Å². The smallest absolute Gasteiger partial charge is 0.410 e. The van der Waals surface area contributed by atoms with Crippen molar-refractivity contribution in [3.8, 4) is 5.75 Å². The Bertz CT molecular complexity index is 906. The molecule has 1 aromatic carbocycles. The van der Waals surface area contributed by atoms with E-state index >= 15 is 0 Å². The maximum atomic E-state index is 13.8. The van der Waals surface area contributed by atoms with Crippen molar-refractivity contribution in [3.63, 3.8) is 0 Å². The number of hydrogen-bond acceptors (Lipinski definition) is 4. The molecule has 0 bridgehead atoms. The number of hydrogen-bond donors (Lipinski definition) is 2. The number of halogens is 3. The molecule has 0 saturated heterocycles. The Balaban J connectivity index is 1.65. The SMILES string of the molecule is COc1cccc(C2CC(C(F)(F)F)n3ncc(C(=O)NC4CCCCC4)c3N2)c1. The van der Waals surface area contributed by atoms with Gasteiger partial charge in [-0.1, -0.05) is 31.4 Å². The van der Waals surface area contributed by atoms with Crippen molar-refractivity contribution in [1.29, 1.82) is 0 Å². The van der Waals surface area contributed by atoms with Gasteiger partial charge in [0.2, 0.25) is 0 Å². The van der Waals surface area contributed by atoms with Gasteiger partial charge in [-0.3, -0.25) is 4.79 Å². The molecule has 4 rings (SSSR count). The number of aromatic nitrogens is 2. The van der Waals surface area contributed by atoms with Gasteiger partial charge in [0, 0.05) is 12.5 Å². The standard InChI is InChI=1S/C21H25F3N4O2/c1-30-15-9-5-6-13(10-15)17-11-18(21(22,23)24)28-19(27-17)16(12-25-28)20(29)26-14-7-3-2-4-8-14/h5-6,9-10,12,14,17-18,27H,2-4,7-8,11H2,1H3,(H,26,29). The van der Waals surface area contributed by atoms with E-state index in [1.54, 1.807) is 24.3 Å². The third kappa shape index (κ3) is 4.11. The van der Waals surface area contributed by atoms with Gasteiger partial charge in [-0.25, -0.2) is 4.68 Å². The second kappa shape index (κ2) is 8.20. The molecule has 2 aliphatic rings. The Labute approximate surface area is 172 Å². The number of alkyl halides is 3. The predicted molar refractivity (Wildman–Crippen MR) is 106 cm³/mol. The van der Waals surface area contributed by atoms with Gasteiger partial charge in [0.25, 0.3) is 5.91 Å². The zero-order chi connectivity index (χ0) is 21.3. The van der Waals surface area contributed by atoms with Crippen LogP contribution in [0.3, 0.4) is 0 Å². The molecular weight excluding hydrogens is 397 g/mol. The van der Waals surface area contributed by atoms with E-state index in [0.29, 0.717) is 11.3 Å². The lowest BCUT2D eigenvalue weighted by molar-refractivity contribution is -0.173. The monoisotopic (exact) mass is 422 g/mol. The molecule has 6 nitrogen and oxygen atoms in total. The molecule has 2 heterocycles. The van der Waals surface area contributed by atoms with Crippen LogP contribution in [0, 0.1) is 0 Å². The fourth-order valence-corrected chi connectivity index (χ4v) is 4.32. The second-order valence-electron chi connectivity index (χ2n) is 7.93. The second-order valence-corrected chi connectivity index (χ2v) is 7.93. The predicted octanol–water partition coefficient (Wildman–Crippen LogP) is 4.61. The number of ether oxygens (including phenoxy) is 1. The fourth-order valence-electron chi connectivity index (χ4n) is 4.32. The molecule has 1 saturated carbocycles. The third-order valence-corrected chi connectivity index (χ3v) is 5.92. The van der Waals surface area contributed by atoms with E-state index in [4.69, 9.17) is 4.74 Å². The maximum Gasteiger partial charge on any atom is 0.410 e. The number of fused-ring (bicyclic) bond motifs is 1. The molecule has 1 amide bonds. The van der Waals surface area contributed by atoms with Gasteiger partial charge in [-0.2, -0.15) is 18.3 Å². The van der Waals surface area contributed by atoms with Gasteiger partial charge in [-0.05, 0) is 30.5 Å². The van der Waals surface area contributed by atoms with Crippen LogP contribution in [0.2, 0.25) is 0 Å². The lowest BCUT2D eigenvalue weighted by Crippen LogP contribution is -2.38. The lowest BCUT2D eigenvalue weighted by atomic mass is 9.95. The molecular formula is C21H25F3N4O2. The van der Waals surface area contributed by atoms with Crippen molar-refractivity contribution in [1.82, 2.24) is 15.1 Å². The zero-order valence-corrected chi connectivity index (χ0v) is 16.7. The van der Waals surface area contributed by atoms with E-state index in [0.717, 1.165) is 36.8 Å². The van der Waals surface area contributed by atoms with E-state index in [2.05, 4.69) is 15.7 Å². The first-order chi connectivity index (χ1) is 14.4. The number of benzene rings is 1. The molecule has 9 heteroatoms. The summed E-state index contributed by atoms with van der Waals surface area (Å²) in [6.45, 7) is 0. The van der Waals surface area contributed by atoms with Gasteiger partial charge in [-0.15, -0.1) is 0 Å². The molecule has 162 valence electrons. The molecule has 0 radical (unpaired) electrons. The largest absolute Gasteiger partial charge is 0.497 e. The Hall–Kier alpha value is -2.71. The van der Waals surface area contributed by atoms with Crippen LogP contribution in [0.25, 0.3) is 0 Å². The van der Waals surface area contributed by atoms with Crippen molar-refractivity contribution in [2.75, 3.05) is 12.4 Å². The van der Waals surface area contributed by atoms with Crippen LogP contribution < -0.4 is 15.4 Å². The molecule has 1 aliphatic heterocycles. The Morgan fingerprint density at radius 3 is 2.73 bits per heavy atom. The van der Waals surface area contributed by atoms with E-state index < -0.39 is 18.3 Å². The number of amides is 1. The molecule has 2 unspecified atom stereocenters. The quantitative estimate of drug-likeness (QED) is 0.755. The molecule has 2 atom stereocenters. The topological polar surface area (TPSA) is 68.2 Å². The fraction of sp³-hybridized carbons (Fsp3) is 0.524. The van der Waals surface area contributed by atoms with Crippen molar-refractivity contribution >= 4 is 11.7 Å². The zero-order valence-electron chi connectivity index (χ0n) is 16.7. The van der Waals surface area contributed by atoms with E-state index in [9.17, 15) is 18.0 Å². The molecule has 1 fully saturated rings. The summed E-state index contributed by atoms with van der Waals surface area (Å²) in [6.07, 6.45) is 1.53. The summed E-state index contributed by atoms with van der Waals surface area (Å²) in [5.41, 5.74) is 0.803. The number of anilines is 1. The summed E-state index contributed by atoms with van der Waals surface area (Å²) < 4.78 is 47.6. The van der Waals surface area contributed by atoms with Crippen LogP contribution in [0.15, 0.2) is 30.5 Å². The number of nitrogens with zero attached hydrogens (tertiary/aromatic N) is 2. The number of carbonyl (C=O) groups excluding carboxylic acids is 1. The Morgan fingerprint density at radius 2 is 2.03 bits per heavy atom. The Morgan fingerprint density at radius 1 is 1.27 bits per heavy atom. The van der Waals surface area contributed by atoms with Gasteiger partial charge in [0.15, 0.2) is 6.04 Å². The summed E-state index contributed by atoms with van der Waals surface area (Å²) in [7, 11) is 1.51. The molecule has 1 aromatic heterocycles. The maximum absolute atomic E-state index is 13.8. The van der Waals surface area contributed by atoms with Crippen molar-refractivity contribution in [2.45, 2.75) is 62.8 Å². The summed E-state index contributed by atoms with van der Waals surface area (Å²) >= 11 is 0. The first-order valence-electron chi connectivity index (χ1n) is 10.2. The highest BCUT2D eigenvalue weighted by Crippen LogP contribution is 2.44. The molecule has 30 heavy (non-hydrogen) atoms. The number of nitrogens with one attached hydrogen (secondary N) is 2. The minimum absolute atomic E-state index is 0.0537. The molecule has 2 aromatic rings. The molecule has 0 spiro atoms. The summed E-state index contributed by atoms with van der Waals surface area (Å²) in [5.74, 6) is 0.278. The number of methoxy groups -OCH3 is 1. The summed E-state index contributed by atoms with van der Waals surface area (Å²) in [5, 5.41) is 10.0. The van der Waals surface area contributed by atoms with Crippen LogP contribution in [0.4, 0.5) is 19.0 Å². The molecule has 1 aliphatic carbocycles. The van der Waals surface area contributed by atoms with Gasteiger partial charge < -0.3 is 15.4 Å². The van der Waals surface area contributed by atoms with Crippen LogP contribution in [0.1, 0.15) is 66.5 Å². The van der Waals surface area contributed by atoms with Crippen molar-refractivity contribution in [2.24, 2.45) is 0 Å². The average molecular weight is 422 g/mol. The van der Waals surface area contributed by atoms with Crippen molar-refractivity contribution < 1.29 is 22.7 Å². The normalized spacial score (nSPS) is 22.1. The number of rotatable bonds is 4. The van der Waals surface area contributed by atoms with Crippen LogP contribution in [-0.2, 0) is 0 Å². The first-order valence-corrected chi connectivity index (χ1v) is 10.2. The minimum atomic E-state index is -4.49. The van der Waals surface area contributed by atoms with E-state index in [-0.39, 0.29) is 29.8 Å².